The number of carboxylic acid groups (broad SMARTS) is 1. The normalized spacial score (nSPS) is 22.0. The minimum Gasteiger partial charge on any atom is -0.476 e. The van der Waals surface area contributed by atoms with Gasteiger partial charge in [0.15, 0.2) is 10.0 Å². The van der Waals surface area contributed by atoms with Crippen LogP contribution >= 0.6 is 23.1 Å². The Kier molecular flexibility index (Phi) is 9.11. The minimum atomic E-state index is -1.03. The number of hydrogen-bond acceptors (Lipinski definition) is 6. The van der Waals surface area contributed by atoms with E-state index in [2.05, 4.69) is 11.1 Å². The number of aromatic nitrogens is 1. The first kappa shape index (κ1) is 23.0. The number of carbonyl (C=O) groups excluding carboxylic acids is 1. The van der Waals surface area contributed by atoms with E-state index < -0.39 is 11.6 Å². The third kappa shape index (κ3) is 7.29. The molecule has 28 heavy (non-hydrogen) atoms. The van der Waals surface area contributed by atoms with Crippen molar-refractivity contribution in [2.75, 3.05) is 12.4 Å². The van der Waals surface area contributed by atoms with Crippen molar-refractivity contribution in [2.24, 2.45) is 11.8 Å². The maximum Gasteiger partial charge on any atom is 0.355 e. The summed E-state index contributed by atoms with van der Waals surface area (Å²) >= 11 is 2.79. The van der Waals surface area contributed by atoms with Crippen molar-refractivity contribution in [3.05, 3.63) is 23.2 Å². The third-order valence-corrected chi connectivity index (χ3v) is 7.11. The zero-order chi connectivity index (χ0) is 20.6. The molecule has 156 valence electrons. The van der Waals surface area contributed by atoms with E-state index in [0.29, 0.717) is 42.2 Å². The quantitative estimate of drug-likeness (QED) is 0.283. The largest absolute Gasteiger partial charge is 0.476 e. The number of unbranched alkanes of at least 4 members (excludes halogenated alkanes) is 1. The maximum absolute atomic E-state index is 12.2. The number of ketones is 1. The Bertz CT molecular complexity index is 690. The highest BCUT2D eigenvalue weighted by Gasteiger charge is 2.32. The Morgan fingerprint density at radius 1 is 1.50 bits per heavy atom. The fraction of sp³-hybridized carbons (Fsp3) is 0.650. The van der Waals surface area contributed by atoms with E-state index in [1.807, 2.05) is 6.08 Å². The monoisotopic (exact) mass is 429 g/mol. The van der Waals surface area contributed by atoms with E-state index in [-0.39, 0.29) is 30.0 Å². The van der Waals surface area contributed by atoms with E-state index in [0.717, 1.165) is 12.8 Å². The molecular formula is C20H28FNO4S2. The molecule has 1 aliphatic carbocycles. The number of halogens is 1. The number of rotatable bonds is 12. The summed E-state index contributed by atoms with van der Waals surface area (Å²) in [5.74, 6) is 0.115. The highest BCUT2D eigenvalue weighted by molar-refractivity contribution is 8.01. The number of alkyl halides is 1. The van der Waals surface area contributed by atoms with Gasteiger partial charge < -0.3 is 10.2 Å². The van der Waals surface area contributed by atoms with Crippen LogP contribution in [-0.4, -0.2) is 45.0 Å². The Morgan fingerprint density at radius 2 is 2.29 bits per heavy atom. The van der Waals surface area contributed by atoms with Gasteiger partial charge in [-0.2, -0.15) is 0 Å². The molecular weight excluding hydrogens is 401 g/mol. The molecule has 0 amide bonds. The Hall–Kier alpha value is -1.25. The van der Waals surface area contributed by atoms with Crippen LogP contribution in [0.5, 0.6) is 0 Å². The first-order chi connectivity index (χ1) is 13.3. The highest BCUT2D eigenvalue weighted by atomic mass is 32.2. The molecule has 1 aromatic rings. The number of carboxylic acids is 1. The SMILES string of the molecule is CC(O)(CC=CC1CCC(=O)C1CCSc1nc(C(=O)O)cs1)CCCCF. The number of carbonyl (C=O) groups is 2. The lowest BCUT2D eigenvalue weighted by Gasteiger charge is -2.21. The summed E-state index contributed by atoms with van der Waals surface area (Å²) in [4.78, 5) is 27.2. The summed E-state index contributed by atoms with van der Waals surface area (Å²) in [6.07, 6.45) is 8.36. The third-order valence-electron chi connectivity index (χ3n) is 5.05. The van der Waals surface area contributed by atoms with Crippen molar-refractivity contribution in [3.8, 4) is 0 Å². The van der Waals surface area contributed by atoms with Gasteiger partial charge in [-0.05, 0) is 51.4 Å². The van der Waals surface area contributed by atoms with Gasteiger partial charge in [0.05, 0.1) is 12.3 Å². The average Bonchev–Trinajstić information content (AvgIpc) is 3.23. The Morgan fingerprint density at radius 3 is 2.96 bits per heavy atom. The number of hydrogen-bond donors (Lipinski definition) is 2. The summed E-state index contributed by atoms with van der Waals surface area (Å²) in [7, 11) is 0. The lowest BCUT2D eigenvalue weighted by molar-refractivity contribution is -0.121. The van der Waals surface area contributed by atoms with Crippen molar-refractivity contribution < 1.29 is 24.2 Å². The summed E-state index contributed by atoms with van der Waals surface area (Å²) < 4.78 is 12.9. The molecule has 2 rings (SSSR count). The number of nitrogens with zero attached hydrogens (tertiary/aromatic N) is 1. The van der Waals surface area contributed by atoms with E-state index in [9.17, 15) is 19.1 Å². The topological polar surface area (TPSA) is 87.5 Å². The first-order valence-corrected chi connectivity index (χ1v) is 11.5. The number of thioether (sulfide) groups is 1. The summed E-state index contributed by atoms with van der Waals surface area (Å²) in [5, 5.41) is 20.8. The molecule has 1 aliphatic rings. The molecule has 8 heteroatoms. The summed E-state index contributed by atoms with van der Waals surface area (Å²) in [6.45, 7) is 1.41. The van der Waals surface area contributed by atoms with Gasteiger partial charge in [0, 0.05) is 23.5 Å². The van der Waals surface area contributed by atoms with Crippen LogP contribution in [0.1, 0.15) is 62.4 Å². The summed E-state index contributed by atoms with van der Waals surface area (Å²) in [5.41, 5.74) is -0.782. The highest BCUT2D eigenvalue weighted by Crippen LogP contribution is 2.35. The van der Waals surface area contributed by atoms with Gasteiger partial charge >= 0.3 is 5.97 Å². The van der Waals surface area contributed by atoms with E-state index in [4.69, 9.17) is 5.11 Å². The number of Topliss-reactive ketones (excluding diaryl/α,β-unsaturated/α-hetero) is 1. The van der Waals surface area contributed by atoms with Gasteiger partial charge in [0.25, 0.3) is 0 Å². The molecule has 1 fully saturated rings. The van der Waals surface area contributed by atoms with Crippen LogP contribution in [0.25, 0.3) is 0 Å². The lowest BCUT2D eigenvalue weighted by atomic mass is 9.90. The van der Waals surface area contributed by atoms with Gasteiger partial charge in [-0.1, -0.05) is 23.9 Å². The molecule has 3 atom stereocenters. The molecule has 0 bridgehead atoms. The average molecular weight is 430 g/mol. The van der Waals surface area contributed by atoms with E-state index in [1.54, 1.807) is 6.92 Å². The first-order valence-electron chi connectivity index (χ1n) is 9.62. The van der Waals surface area contributed by atoms with Crippen LogP contribution in [0.2, 0.25) is 0 Å². The number of thiazole rings is 1. The fourth-order valence-electron chi connectivity index (χ4n) is 3.43. The molecule has 1 saturated carbocycles. The molecule has 3 unspecified atom stereocenters. The smallest absolute Gasteiger partial charge is 0.355 e. The standard InChI is InChI=1S/C20H28FNO4S2/c1-20(26,9-2-3-11-21)10-4-5-14-6-7-17(23)15(14)8-12-27-19-22-16(13-28-19)18(24)25/h4-5,13-15,26H,2-3,6-12H2,1H3,(H,24,25). The number of aromatic carboxylic acids is 1. The zero-order valence-corrected chi connectivity index (χ0v) is 17.7. The Labute approximate surface area is 173 Å². The maximum atomic E-state index is 12.2. The molecule has 0 radical (unpaired) electrons. The van der Waals surface area contributed by atoms with Crippen LogP contribution in [0.15, 0.2) is 21.9 Å². The predicted octanol–water partition coefficient (Wildman–Crippen LogP) is 4.76. The molecule has 1 heterocycles. The molecule has 2 N–H and O–H groups in total. The Balaban J connectivity index is 1.80. The lowest BCUT2D eigenvalue weighted by Crippen LogP contribution is -2.23. The van der Waals surface area contributed by atoms with Gasteiger partial charge in [-0.25, -0.2) is 9.78 Å². The van der Waals surface area contributed by atoms with E-state index in [1.165, 1.54) is 28.5 Å². The second-order valence-corrected chi connectivity index (χ2v) is 9.69. The van der Waals surface area contributed by atoms with Crippen molar-refractivity contribution in [1.29, 1.82) is 0 Å². The van der Waals surface area contributed by atoms with Gasteiger partial charge in [0.1, 0.15) is 5.78 Å². The molecule has 0 aliphatic heterocycles. The molecule has 0 aromatic carbocycles. The van der Waals surface area contributed by atoms with Gasteiger partial charge in [-0.3, -0.25) is 9.18 Å². The predicted molar refractivity (Wildman–Crippen MR) is 110 cm³/mol. The molecule has 5 nitrogen and oxygen atoms in total. The second-order valence-electron chi connectivity index (χ2n) is 7.49. The number of aliphatic hydroxyl groups is 1. The van der Waals surface area contributed by atoms with Crippen molar-refractivity contribution >= 4 is 34.9 Å². The van der Waals surface area contributed by atoms with Gasteiger partial charge in [-0.15, -0.1) is 11.3 Å². The van der Waals surface area contributed by atoms with Gasteiger partial charge in [0.2, 0.25) is 0 Å². The number of allylic oxidation sites excluding steroid dienone is 1. The van der Waals surface area contributed by atoms with Crippen molar-refractivity contribution in [1.82, 2.24) is 4.98 Å². The second kappa shape index (κ2) is 11.1. The summed E-state index contributed by atoms with van der Waals surface area (Å²) in [6, 6.07) is 0. The molecule has 0 spiro atoms. The minimum absolute atomic E-state index is 0.0286. The van der Waals surface area contributed by atoms with Crippen molar-refractivity contribution in [2.45, 2.75) is 61.8 Å². The van der Waals surface area contributed by atoms with Crippen LogP contribution < -0.4 is 0 Å². The van der Waals surface area contributed by atoms with E-state index >= 15 is 0 Å². The van der Waals surface area contributed by atoms with Crippen LogP contribution in [0.3, 0.4) is 0 Å². The zero-order valence-electron chi connectivity index (χ0n) is 16.1. The van der Waals surface area contributed by atoms with Crippen molar-refractivity contribution in [3.63, 3.8) is 0 Å². The fourth-order valence-corrected chi connectivity index (χ4v) is 5.33. The van der Waals surface area contributed by atoms with Crippen LogP contribution in [0, 0.1) is 11.8 Å². The van der Waals surface area contributed by atoms with Crippen LogP contribution in [-0.2, 0) is 4.79 Å². The molecule has 0 saturated heterocycles. The van der Waals surface area contributed by atoms with Crippen LogP contribution in [0.4, 0.5) is 4.39 Å². The molecule has 1 aromatic heterocycles.